The van der Waals surface area contributed by atoms with Crippen LogP contribution in [0.25, 0.3) is 5.69 Å². The van der Waals surface area contributed by atoms with Crippen LogP contribution in [0, 0.1) is 0 Å². The molecule has 0 amide bonds. The summed E-state index contributed by atoms with van der Waals surface area (Å²) in [5, 5.41) is 4.27. The largest absolute Gasteiger partial charge is 0.378 e. The van der Waals surface area contributed by atoms with Crippen LogP contribution in [0.3, 0.4) is 0 Å². The van der Waals surface area contributed by atoms with Crippen molar-refractivity contribution in [3.63, 3.8) is 0 Å². The van der Waals surface area contributed by atoms with Crippen LogP contribution in [0.2, 0.25) is 0 Å². The molecule has 2 rings (SSSR count). The van der Waals surface area contributed by atoms with Crippen molar-refractivity contribution in [1.29, 1.82) is 0 Å². The molecule has 2 aromatic rings. The number of nitrogens with zero attached hydrogens (tertiary/aromatic N) is 2. The molecule has 1 heterocycles. The summed E-state index contributed by atoms with van der Waals surface area (Å²) < 4.78 is 8.00. The number of methoxy groups -OCH3 is 1. The van der Waals surface area contributed by atoms with Crippen molar-refractivity contribution in [2.75, 3.05) is 7.11 Å². The molecule has 0 spiro atoms. The Kier molecular flexibility index (Phi) is 3.18. The summed E-state index contributed by atoms with van der Waals surface area (Å²) in [6.07, 6.45) is 1.77. The van der Waals surface area contributed by atoms with Crippen LogP contribution in [0.5, 0.6) is 0 Å². The van der Waals surface area contributed by atoms with Crippen LogP contribution in [0.4, 0.5) is 0 Å². The molecule has 0 fully saturated rings. The minimum atomic E-state index is 0.557. The predicted octanol–water partition coefficient (Wildman–Crippen LogP) is 2.78. The topological polar surface area (TPSA) is 27.1 Å². The Hall–Kier alpha value is -1.13. The maximum absolute atomic E-state index is 5.11. The summed E-state index contributed by atoms with van der Waals surface area (Å²) in [5.41, 5.74) is 2.05. The fourth-order valence-corrected chi connectivity index (χ4v) is 1.88. The molecule has 3 nitrogen and oxygen atoms in total. The molecule has 4 heteroatoms. The maximum atomic E-state index is 5.11. The van der Waals surface area contributed by atoms with Crippen LogP contribution in [0.15, 0.2) is 41.0 Å². The average molecular weight is 267 g/mol. The van der Waals surface area contributed by atoms with Gasteiger partial charge in [0.2, 0.25) is 0 Å². The van der Waals surface area contributed by atoms with Crippen LogP contribution in [-0.4, -0.2) is 16.9 Å². The summed E-state index contributed by atoms with van der Waals surface area (Å²) in [6.45, 7) is 0.557. The van der Waals surface area contributed by atoms with E-state index < -0.39 is 0 Å². The zero-order valence-electron chi connectivity index (χ0n) is 8.35. The first-order valence-electron chi connectivity index (χ1n) is 4.59. The van der Waals surface area contributed by atoms with Crippen molar-refractivity contribution < 1.29 is 4.74 Å². The molecule has 0 aliphatic carbocycles. The Bertz CT molecular complexity index is 453. The molecule has 0 aliphatic heterocycles. The minimum Gasteiger partial charge on any atom is -0.378 e. The van der Waals surface area contributed by atoms with Gasteiger partial charge in [0, 0.05) is 17.8 Å². The Balaban J connectivity index is 2.45. The van der Waals surface area contributed by atoms with Crippen molar-refractivity contribution in [3.05, 3.63) is 46.7 Å². The molecule has 78 valence electrons. The first-order valence-corrected chi connectivity index (χ1v) is 5.39. The molecule has 15 heavy (non-hydrogen) atoms. The van der Waals surface area contributed by atoms with E-state index in [-0.39, 0.29) is 0 Å². The van der Waals surface area contributed by atoms with Crippen molar-refractivity contribution in [3.8, 4) is 5.69 Å². The SMILES string of the molecule is COCc1ccnn1-c1ccccc1Br. The second-order valence-electron chi connectivity index (χ2n) is 3.12. The summed E-state index contributed by atoms with van der Waals surface area (Å²) in [5.74, 6) is 0. The summed E-state index contributed by atoms with van der Waals surface area (Å²) in [4.78, 5) is 0. The van der Waals surface area contributed by atoms with E-state index in [1.54, 1.807) is 13.3 Å². The van der Waals surface area contributed by atoms with Crippen molar-refractivity contribution in [1.82, 2.24) is 9.78 Å². The van der Waals surface area contributed by atoms with Crippen LogP contribution in [0.1, 0.15) is 5.69 Å². The molecular formula is C11H11BrN2O. The fourth-order valence-electron chi connectivity index (χ4n) is 1.43. The molecule has 0 saturated heterocycles. The lowest BCUT2D eigenvalue weighted by molar-refractivity contribution is 0.179. The fraction of sp³-hybridized carbons (Fsp3) is 0.182. The Labute approximate surface area is 96.8 Å². The number of hydrogen-bond acceptors (Lipinski definition) is 2. The van der Waals surface area contributed by atoms with Gasteiger partial charge < -0.3 is 4.74 Å². The average Bonchev–Trinajstić information content (AvgIpc) is 2.67. The molecule has 0 aliphatic rings. The second kappa shape index (κ2) is 4.59. The third-order valence-corrected chi connectivity index (χ3v) is 2.76. The Morgan fingerprint density at radius 1 is 1.33 bits per heavy atom. The summed E-state index contributed by atoms with van der Waals surface area (Å²) >= 11 is 3.50. The van der Waals surface area contributed by atoms with E-state index in [9.17, 15) is 0 Å². The van der Waals surface area contributed by atoms with E-state index in [0.29, 0.717) is 6.61 Å². The van der Waals surface area contributed by atoms with Gasteiger partial charge in [-0.25, -0.2) is 4.68 Å². The molecule has 0 bridgehead atoms. The predicted molar refractivity (Wildman–Crippen MR) is 62.0 cm³/mol. The van der Waals surface area contributed by atoms with E-state index in [1.807, 2.05) is 35.0 Å². The molecule has 0 radical (unpaired) electrons. The zero-order chi connectivity index (χ0) is 10.7. The number of rotatable bonds is 3. The summed E-state index contributed by atoms with van der Waals surface area (Å²) in [6, 6.07) is 9.91. The highest BCUT2D eigenvalue weighted by atomic mass is 79.9. The summed E-state index contributed by atoms with van der Waals surface area (Å²) in [7, 11) is 1.68. The van der Waals surface area contributed by atoms with Crippen LogP contribution in [-0.2, 0) is 11.3 Å². The maximum Gasteiger partial charge on any atom is 0.0885 e. The van der Waals surface area contributed by atoms with Crippen molar-refractivity contribution >= 4 is 15.9 Å². The van der Waals surface area contributed by atoms with E-state index in [4.69, 9.17) is 4.74 Å². The Morgan fingerprint density at radius 3 is 2.87 bits per heavy atom. The molecular weight excluding hydrogens is 256 g/mol. The quantitative estimate of drug-likeness (QED) is 0.855. The van der Waals surface area contributed by atoms with Crippen LogP contribution < -0.4 is 0 Å². The van der Waals surface area contributed by atoms with Crippen molar-refractivity contribution in [2.45, 2.75) is 6.61 Å². The van der Waals surface area contributed by atoms with E-state index in [2.05, 4.69) is 21.0 Å². The van der Waals surface area contributed by atoms with E-state index in [0.717, 1.165) is 15.9 Å². The van der Waals surface area contributed by atoms with E-state index in [1.165, 1.54) is 0 Å². The normalized spacial score (nSPS) is 10.5. The minimum absolute atomic E-state index is 0.557. The number of halogens is 1. The lowest BCUT2D eigenvalue weighted by atomic mass is 10.3. The lowest BCUT2D eigenvalue weighted by Crippen LogP contribution is -2.03. The highest BCUT2D eigenvalue weighted by Crippen LogP contribution is 2.21. The molecule has 0 atom stereocenters. The Morgan fingerprint density at radius 2 is 2.13 bits per heavy atom. The number of ether oxygens (including phenoxy) is 1. The van der Waals surface area contributed by atoms with Gasteiger partial charge in [-0.3, -0.25) is 0 Å². The zero-order valence-corrected chi connectivity index (χ0v) is 9.94. The van der Waals surface area contributed by atoms with Gasteiger partial charge in [0.1, 0.15) is 0 Å². The molecule has 0 unspecified atom stereocenters. The third kappa shape index (κ3) is 2.11. The van der Waals surface area contributed by atoms with E-state index >= 15 is 0 Å². The van der Waals surface area contributed by atoms with Gasteiger partial charge in [-0.2, -0.15) is 5.10 Å². The first kappa shape index (κ1) is 10.4. The smallest absolute Gasteiger partial charge is 0.0885 e. The van der Waals surface area contributed by atoms with Gasteiger partial charge in [0.05, 0.1) is 18.0 Å². The number of benzene rings is 1. The standard InChI is InChI=1S/C11H11BrN2O/c1-15-8-9-6-7-13-14(9)11-5-3-2-4-10(11)12/h2-7H,8H2,1H3. The monoisotopic (exact) mass is 266 g/mol. The lowest BCUT2D eigenvalue weighted by Gasteiger charge is -2.08. The van der Waals surface area contributed by atoms with Gasteiger partial charge in [-0.15, -0.1) is 0 Å². The molecule has 0 N–H and O–H groups in total. The van der Waals surface area contributed by atoms with Gasteiger partial charge in [-0.05, 0) is 34.1 Å². The number of hydrogen-bond donors (Lipinski definition) is 0. The second-order valence-corrected chi connectivity index (χ2v) is 3.97. The highest BCUT2D eigenvalue weighted by Gasteiger charge is 2.06. The van der Waals surface area contributed by atoms with Gasteiger partial charge >= 0.3 is 0 Å². The van der Waals surface area contributed by atoms with Crippen molar-refractivity contribution in [2.24, 2.45) is 0 Å². The third-order valence-electron chi connectivity index (χ3n) is 2.09. The van der Waals surface area contributed by atoms with Gasteiger partial charge in [0.15, 0.2) is 0 Å². The number of para-hydroxylation sites is 1. The molecule has 0 saturated carbocycles. The number of aromatic nitrogens is 2. The molecule has 1 aromatic carbocycles. The van der Waals surface area contributed by atoms with Gasteiger partial charge in [0.25, 0.3) is 0 Å². The highest BCUT2D eigenvalue weighted by molar-refractivity contribution is 9.10. The first-order chi connectivity index (χ1) is 7.33. The van der Waals surface area contributed by atoms with Crippen LogP contribution >= 0.6 is 15.9 Å². The molecule has 1 aromatic heterocycles. The van der Waals surface area contributed by atoms with Gasteiger partial charge in [-0.1, -0.05) is 12.1 Å².